The normalized spacial score (nSPS) is 19.2. The van der Waals surface area contributed by atoms with Crippen LogP contribution >= 0.6 is 11.8 Å². The molecule has 0 spiro atoms. The van der Waals surface area contributed by atoms with Crippen LogP contribution in [0.25, 0.3) is 10.9 Å². The number of thioether (sulfide) groups is 1. The number of nitrogens with zero attached hydrogens (tertiary/aromatic N) is 2. The van der Waals surface area contributed by atoms with Crippen molar-refractivity contribution in [3.8, 4) is 0 Å². The zero-order valence-corrected chi connectivity index (χ0v) is 15.5. The number of carbonyl (C=O) groups excluding carboxylic acids is 1. The Bertz CT molecular complexity index is 1050. The van der Waals surface area contributed by atoms with Crippen LogP contribution in [-0.2, 0) is 16.3 Å². The van der Waals surface area contributed by atoms with Gasteiger partial charge in [0.15, 0.2) is 15.6 Å². The molecular formula is C17H17N3O4S2. The molecule has 1 aliphatic rings. The van der Waals surface area contributed by atoms with E-state index in [1.54, 1.807) is 6.20 Å². The lowest BCUT2D eigenvalue weighted by Gasteiger charge is -2.01. The van der Waals surface area contributed by atoms with Crippen LogP contribution in [0.2, 0.25) is 0 Å². The predicted molar refractivity (Wildman–Crippen MR) is 98.1 cm³/mol. The summed E-state index contributed by atoms with van der Waals surface area (Å²) >= 11 is 1.19. The molecule has 7 nitrogen and oxygen atoms in total. The molecule has 2 aromatic heterocycles. The van der Waals surface area contributed by atoms with E-state index in [1.165, 1.54) is 11.8 Å². The fourth-order valence-corrected chi connectivity index (χ4v) is 5.69. The van der Waals surface area contributed by atoms with Crippen molar-refractivity contribution in [2.45, 2.75) is 18.1 Å². The molecule has 1 fully saturated rings. The number of hydrogen-bond donors (Lipinski definition) is 1. The molecule has 1 atom stereocenters. The first-order valence-corrected chi connectivity index (χ1v) is 11.1. The number of para-hydroxylation sites is 1. The molecule has 26 heavy (non-hydrogen) atoms. The van der Waals surface area contributed by atoms with Crippen molar-refractivity contribution in [3.05, 3.63) is 41.9 Å². The predicted octanol–water partition coefficient (Wildman–Crippen LogP) is 2.50. The van der Waals surface area contributed by atoms with Gasteiger partial charge in [-0.15, -0.1) is 10.2 Å². The Morgan fingerprint density at radius 2 is 2.15 bits per heavy atom. The fraction of sp³-hybridized carbons (Fsp3) is 0.353. The lowest BCUT2D eigenvalue weighted by atomic mass is 10.1. The summed E-state index contributed by atoms with van der Waals surface area (Å²) in [5.41, 5.74) is 1.57. The van der Waals surface area contributed by atoms with Crippen molar-refractivity contribution in [2.75, 3.05) is 17.3 Å². The minimum absolute atomic E-state index is 0.0194. The van der Waals surface area contributed by atoms with Gasteiger partial charge in [0, 0.05) is 29.1 Å². The molecule has 0 saturated carbocycles. The zero-order chi connectivity index (χ0) is 18.1. The van der Waals surface area contributed by atoms with Gasteiger partial charge in [0.2, 0.25) is 5.89 Å². The van der Waals surface area contributed by atoms with Gasteiger partial charge in [-0.3, -0.25) is 4.79 Å². The van der Waals surface area contributed by atoms with Crippen molar-refractivity contribution < 1.29 is 17.6 Å². The highest BCUT2D eigenvalue weighted by Crippen LogP contribution is 2.25. The number of aromatic amines is 1. The van der Waals surface area contributed by atoms with Crippen LogP contribution in [0.1, 0.15) is 22.7 Å². The number of hydrogen-bond acceptors (Lipinski definition) is 7. The molecule has 1 saturated heterocycles. The molecule has 3 heterocycles. The van der Waals surface area contributed by atoms with E-state index in [9.17, 15) is 13.2 Å². The Hall–Kier alpha value is -2.13. The van der Waals surface area contributed by atoms with Crippen LogP contribution in [-0.4, -0.2) is 46.6 Å². The van der Waals surface area contributed by atoms with E-state index in [0.717, 1.165) is 10.9 Å². The number of H-pyrrole nitrogens is 1. The SMILES string of the molecule is O=C(CSc1nnc(C[C@H]2CCS(=O)(=O)C2)o1)c1c[nH]c2ccccc12. The number of sulfone groups is 1. The molecule has 3 aromatic rings. The topological polar surface area (TPSA) is 106 Å². The molecular weight excluding hydrogens is 374 g/mol. The van der Waals surface area contributed by atoms with Crippen LogP contribution in [0.3, 0.4) is 0 Å². The number of nitrogens with one attached hydrogen (secondary N) is 1. The Morgan fingerprint density at radius 3 is 2.96 bits per heavy atom. The summed E-state index contributed by atoms with van der Waals surface area (Å²) in [5.74, 6) is 1.04. The van der Waals surface area contributed by atoms with Crippen LogP contribution in [0.5, 0.6) is 0 Å². The number of Topliss-reactive ketones (excluding diaryl/α,β-unsaturated/α-hetero) is 1. The van der Waals surface area contributed by atoms with Gasteiger partial charge in [0.1, 0.15) is 0 Å². The summed E-state index contributed by atoms with van der Waals surface area (Å²) in [7, 11) is -2.92. The Morgan fingerprint density at radius 1 is 1.31 bits per heavy atom. The molecule has 1 N–H and O–H groups in total. The number of carbonyl (C=O) groups is 1. The smallest absolute Gasteiger partial charge is 0.277 e. The molecule has 4 rings (SSSR count). The van der Waals surface area contributed by atoms with Crippen LogP contribution in [0.4, 0.5) is 0 Å². The second-order valence-corrected chi connectivity index (χ2v) is 9.55. The van der Waals surface area contributed by atoms with Gasteiger partial charge in [-0.05, 0) is 18.4 Å². The summed E-state index contributed by atoms with van der Waals surface area (Å²) in [5, 5.41) is 9.14. The van der Waals surface area contributed by atoms with E-state index < -0.39 is 9.84 Å². The number of aromatic nitrogens is 3. The van der Waals surface area contributed by atoms with Crippen LogP contribution in [0, 0.1) is 5.92 Å². The van der Waals surface area contributed by atoms with Crippen molar-refractivity contribution in [1.29, 1.82) is 0 Å². The summed E-state index contributed by atoms with van der Waals surface area (Å²) < 4.78 is 28.6. The molecule has 0 unspecified atom stereocenters. The average Bonchev–Trinajstić information content (AvgIpc) is 3.31. The lowest BCUT2D eigenvalue weighted by Crippen LogP contribution is -2.07. The number of rotatable bonds is 6. The first-order chi connectivity index (χ1) is 12.5. The van der Waals surface area contributed by atoms with Crippen molar-refractivity contribution in [3.63, 3.8) is 0 Å². The van der Waals surface area contributed by atoms with Crippen molar-refractivity contribution in [1.82, 2.24) is 15.2 Å². The van der Waals surface area contributed by atoms with Gasteiger partial charge in [0.25, 0.3) is 5.22 Å². The number of fused-ring (bicyclic) bond motifs is 1. The largest absolute Gasteiger partial charge is 0.416 e. The van der Waals surface area contributed by atoms with Gasteiger partial charge < -0.3 is 9.40 Å². The van der Waals surface area contributed by atoms with E-state index in [0.29, 0.717) is 29.5 Å². The van der Waals surface area contributed by atoms with Crippen molar-refractivity contribution in [2.24, 2.45) is 5.92 Å². The van der Waals surface area contributed by atoms with E-state index >= 15 is 0 Å². The number of ketones is 1. The molecule has 9 heteroatoms. The minimum Gasteiger partial charge on any atom is -0.416 e. The minimum atomic E-state index is -2.92. The third-order valence-electron chi connectivity index (χ3n) is 4.45. The fourth-order valence-electron chi connectivity index (χ4n) is 3.17. The maximum Gasteiger partial charge on any atom is 0.277 e. The Labute approximate surface area is 154 Å². The highest BCUT2D eigenvalue weighted by atomic mass is 32.2. The summed E-state index contributed by atoms with van der Waals surface area (Å²) in [4.78, 5) is 15.5. The standard InChI is InChI=1S/C17H17N3O4S2/c21-15(13-8-18-14-4-2-1-3-12(13)14)9-25-17-20-19-16(24-17)7-11-5-6-26(22,23)10-11/h1-4,8,11,18H,5-7,9-10H2/t11-/m1/s1. The summed E-state index contributed by atoms with van der Waals surface area (Å²) in [6, 6.07) is 7.64. The van der Waals surface area contributed by atoms with Gasteiger partial charge in [-0.1, -0.05) is 30.0 Å². The second-order valence-electron chi connectivity index (χ2n) is 6.39. The molecule has 0 amide bonds. The molecule has 0 radical (unpaired) electrons. The third-order valence-corrected chi connectivity index (χ3v) is 7.11. The zero-order valence-electron chi connectivity index (χ0n) is 13.8. The molecule has 136 valence electrons. The maximum atomic E-state index is 12.5. The second kappa shape index (κ2) is 6.88. The van der Waals surface area contributed by atoms with E-state index in [2.05, 4.69) is 15.2 Å². The molecule has 1 aromatic carbocycles. The monoisotopic (exact) mass is 391 g/mol. The summed E-state index contributed by atoms with van der Waals surface area (Å²) in [6.45, 7) is 0. The van der Waals surface area contributed by atoms with Gasteiger partial charge >= 0.3 is 0 Å². The molecule has 0 aliphatic carbocycles. The average molecular weight is 391 g/mol. The van der Waals surface area contributed by atoms with Crippen LogP contribution < -0.4 is 0 Å². The lowest BCUT2D eigenvalue weighted by molar-refractivity contribution is 0.102. The highest BCUT2D eigenvalue weighted by molar-refractivity contribution is 7.99. The summed E-state index contributed by atoms with van der Waals surface area (Å²) in [6.07, 6.45) is 2.81. The van der Waals surface area contributed by atoms with Gasteiger partial charge in [-0.2, -0.15) is 0 Å². The quantitative estimate of drug-likeness (QED) is 0.508. The Balaban J connectivity index is 1.36. The van der Waals surface area contributed by atoms with Gasteiger partial charge in [-0.25, -0.2) is 8.42 Å². The number of benzene rings is 1. The van der Waals surface area contributed by atoms with Gasteiger partial charge in [0.05, 0.1) is 17.3 Å². The third kappa shape index (κ3) is 3.68. The maximum absolute atomic E-state index is 12.5. The van der Waals surface area contributed by atoms with E-state index in [-0.39, 0.29) is 29.0 Å². The molecule has 1 aliphatic heterocycles. The van der Waals surface area contributed by atoms with E-state index in [1.807, 2.05) is 24.3 Å². The van der Waals surface area contributed by atoms with Crippen molar-refractivity contribution >= 4 is 38.3 Å². The van der Waals surface area contributed by atoms with Crippen LogP contribution in [0.15, 0.2) is 40.1 Å². The molecule has 0 bridgehead atoms. The Kier molecular flexibility index (Phi) is 4.58. The first kappa shape index (κ1) is 17.3. The first-order valence-electron chi connectivity index (χ1n) is 8.25. The highest BCUT2D eigenvalue weighted by Gasteiger charge is 2.29. The van der Waals surface area contributed by atoms with E-state index in [4.69, 9.17) is 4.42 Å².